The second-order valence-electron chi connectivity index (χ2n) is 5.43. The van der Waals surface area contributed by atoms with Crippen molar-refractivity contribution >= 4 is 40.1 Å². The Morgan fingerprint density at radius 2 is 1.88 bits per heavy atom. The standard InChI is InChI=1S/C18H12ClFN2O3/c1-9-6-13(12-7-10(20)2-5-16(12)21-9)17(23)22-11-3-4-15(19)14(8-11)18(24)25/h2-8H,1H3,(H,22,23)(H,24,25). The summed E-state index contributed by atoms with van der Waals surface area (Å²) in [6.45, 7) is 1.73. The van der Waals surface area contributed by atoms with Gasteiger partial charge >= 0.3 is 5.97 Å². The van der Waals surface area contributed by atoms with Gasteiger partial charge in [-0.3, -0.25) is 9.78 Å². The highest BCUT2D eigenvalue weighted by Gasteiger charge is 2.15. The predicted octanol–water partition coefficient (Wildman–Crippen LogP) is 4.29. The largest absolute Gasteiger partial charge is 0.478 e. The van der Waals surface area contributed by atoms with Gasteiger partial charge in [-0.15, -0.1) is 0 Å². The van der Waals surface area contributed by atoms with Gasteiger partial charge in [-0.05, 0) is 49.4 Å². The van der Waals surface area contributed by atoms with E-state index < -0.39 is 17.7 Å². The minimum Gasteiger partial charge on any atom is -0.478 e. The van der Waals surface area contributed by atoms with Gasteiger partial charge in [-0.2, -0.15) is 0 Å². The molecule has 3 aromatic rings. The van der Waals surface area contributed by atoms with E-state index in [1.54, 1.807) is 13.0 Å². The van der Waals surface area contributed by atoms with Crippen LogP contribution in [-0.4, -0.2) is 22.0 Å². The third-order valence-electron chi connectivity index (χ3n) is 3.60. The minimum absolute atomic E-state index is 0.0674. The molecule has 0 radical (unpaired) electrons. The second-order valence-corrected chi connectivity index (χ2v) is 5.83. The van der Waals surface area contributed by atoms with Crippen LogP contribution >= 0.6 is 11.6 Å². The number of amides is 1. The van der Waals surface area contributed by atoms with Crippen LogP contribution in [0, 0.1) is 12.7 Å². The number of rotatable bonds is 3. The summed E-state index contributed by atoms with van der Waals surface area (Å²) in [6, 6.07) is 9.69. The number of fused-ring (bicyclic) bond motifs is 1. The van der Waals surface area contributed by atoms with Crippen LogP contribution in [-0.2, 0) is 0 Å². The molecule has 0 fully saturated rings. The number of carbonyl (C=O) groups is 2. The van der Waals surface area contributed by atoms with Crippen LogP contribution < -0.4 is 5.32 Å². The Morgan fingerprint density at radius 1 is 1.12 bits per heavy atom. The van der Waals surface area contributed by atoms with Crippen molar-refractivity contribution in [3.63, 3.8) is 0 Å². The molecule has 5 nitrogen and oxygen atoms in total. The lowest BCUT2D eigenvalue weighted by Gasteiger charge is -2.10. The molecule has 0 aliphatic heterocycles. The zero-order valence-electron chi connectivity index (χ0n) is 13.0. The fourth-order valence-electron chi connectivity index (χ4n) is 2.48. The number of anilines is 1. The van der Waals surface area contributed by atoms with Gasteiger partial charge in [0.15, 0.2) is 0 Å². The van der Waals surface area contributed by atoms with Crippen LogP contribution in [0.25, 0.3) is 10.9 Å². The maximum absolute atomic E-state index is 13.6. The molecule has 25 heavy (non-hydrogen) atoms. The normalized spacial score (nSPS) is 10.7. The zero-order chi connectivity index (χ0) is 18.1. The molecule has 0 atom stereocenters. The van der Waals surface area contributed by atoms with Crippen LogP contribution in [0.3, 0.4) is 0 Å². The molecule has 0 aliphatic carbocycles. The Labute approximate surface area is 147 Å². The molecule has 2 N–H and O–H groups in total. The first-order valence-electron chi connectivity index (χ1n) is 7.26. The highest BCUT2D eigenvalue weighted by molar-refractivity contribution is 6.33. The van der Waals surface area contributed by atoms with E-state index in [4.69, 9.17) is 16.7 Å². The molecule has 126 valence electrons. The number of aromatic carboxylic acids is 1. The van der Waals surface area contributed by atoms with Crippen molar-refractivity contribution in [2.24, 2.45) is 0 Å². The van der Waals surface area contributed by atoms with E-state index in [2.05, 4.69) is 10.3 Å². The molecule has 1 heterocycles. The SMILES string of the molecule is Cc1cc(C(=O)Nc2ccc(Cl)c(C(=O)O)c2)c2cc(F)ccc2n1. The predicted molar refractivity (Wildman–Crippen MR) is 92.8 cm³/mol. The average Bonchev–Trinajstić information content (AvgIpc) is 2.56. The van der Waals surface area contributed by atoms with Crippen LogP contribution in [0.5, 0.6) is 0 Å². The molecule has 0 bridgehead atoms. The van der Waals surface area contributed by atoms with Crippen molar-refractivity contribution in [2.75, 3.05) is 5.32 Å². The number of hydrogen-bond acceptors (Lipinski definition) is 3. The maximum Gasteiger partial charge on any atom is 0.337 e. The van der Waals surface area contributed by atoms with Gasteiger partial charge < -0.3 is 10.4 Å². The first kappa shape index (κ1) is 16.9. The smallest absolute Gasteiger partial charge is 0.337 e. The number of halogens is 2. The molecule has 0 saturated heterocycles. The molecule has 2 aromatic carbocycles. The Balaban J connectivity index is 2.02. The van der Waals surface area contributed by atoms with Crippen molar-refractivity contribution in [1.82, 2.24) is 4.98 Å². The van der Waals surface area contributed by atoms with Crippen molar-refractivity contribution in [3.8, 4) is 0 Å². The topological polar surface area (TPSA) is 79.3 Å². The number of aromatic nitrogens is 1. The molecule has 1 aromatic heterocycles. The fraction of sp³-hybridized carbons (Fsp3) is 0.0556. The van der Waals surface area contributed by atoms with Gasteiger partial charge in [0.05, 0.1) is 21.7 Å². The summed E-state index contributed by atoms with van der Waals surface area (Å²) >= 11 is 5.82. The van der Waals surface area contributed by atoms with E-state index in [1.807, 2.05) is 0 Å². The number of carbonyl (C=O) groups excluding carboxylic acids is 1. The summed E-state index contributed by atoms with van der Waals surface area (Å²) in [5.41, 5.74) is 1.49. The number of carboxylic acids is 1. The van der Waals surface area contributed by atoms with E-state index in [0.29, 0.717) is 16.6 Å². The summed E-state index contributed by atoms with van der Waals surface area (Å²) in [5, 5.41) is 12.1. The number of nitrogens with one attached hydrogen (secondary N) is 1. The molecule has 3 rings (SSSR count). The molecule has 0 saturated carbocycles. The summed E-state index contributed by atoms with van der Waals surface area (Å²) < 4.78 is 13.6. The molecule has 0 unspecified atom stereocenters. The number of pyridine rings is 1. The van der Waals surface area contributed by atoms with Crippen molar-refractivity contribution in [1.29, 1.82) is 0 Å². The lowest BCUT2D eigenvalue weighted by molar-refractivity contribution is 0.0696. The lowest BCUT2D eigenvalue weighted by Crippen LogP contribution is -2.14. The molecular formula is C18H12ClFN2O3. The maximum atomic E-state index is 13.6. The monoisotopic (exact) mass is 358 g/mol. The van der Waals surface area contributed by atoms with Gasteiger partial charge in [0.2, 0.25) is 0 Å². The summed E-state index contributed by atoms with van der Waals surface area (Å²) in [7, 11) is 0. The fourth-order valence-corrected chi connectivity index (χ4v) is 2.68. The first-order valence-corrected chi connectivity index (χ1v) is 7.64. The van der Waals surface area contributed by atoms with Gasteiger partial charge in [0.25, 0.3) is 5.91 Å². The van der Waals surface area contributed by atoms with Gasteiger partial charge in [-0.25, -0.2) is 9.18 Å². The first-order chi connectivity index (χ1) is 11.8. The Hall–Kier alpha value is -2.99. The van der Waals surface area contributed by atoms with Crippen LogP contribution in [0.4, 0.5) is 10.1 Å². The lowest BCUT2D eigenvalue weighted by atomic mass is 10.1. The molecule has 0 spiro atoms. The third kappa shape index (κ3) is 3.44. The van der Waals surface area contributed by atoms with E-state index in [-0.39, 0.29) is 21.8 Å². The van der Waals surface area contributed by atoms with Crippen LogP contribution in [0.2, 0.25) is 5.02 Å². The summed E-state index contributed by atoms with van der Waals surface area (Å²) in [4.78, 5) is 28.0. The Bertz CT molecular complexity index is 1020. The van der Waals surface area contributed by atoms with Gasteiger partial charge in [0, 0.05) is 16.8 Å². The number of benzene rings is 2. The molecule has 1 amide bonds. The van der Waals surface area contributed by atoms with Gasteiger partial charge in [-0.1, -0.05) is 11.6 Å². The average molecular weight is 359 g/mol. The van der Waals surface area contributed by atoms with Crippen molar-refractivity contribution in [2.45, 2.75) is 6.92 Å². The number of aryl methyl sites for hydroxylation is 1. The van der Waals surface area contributed by atoms with E-state index in [1.165, 1.54) is 36.4 Å². The molecule has 0 aliphatic rings. The quantitative estimate of drug-likeness (QED) is 0.732. The second kappa shape index (κ2) is 6.49. The third-order valence-corrected chi connectivity index (χ3v) is 3.93. The van der Waals surface area contributed by atoms with Crippen LogP contribution in [0.1, 0.15) is 26.4 Å². The number of hydrogen-bond donors (Lipinski definition) is 2. The van der Waals surface area contributed by atoms with E-state index >= 15 is 0 Å². The van der Waals surface area contributed by atoms with E-state index in [0.717, 1.165) is 0 Å². The van der Waals surface area contributed by atoms with Crippen molar-refractivity contribution < 1.29 is 19.1 Å². The number of nitrogens with zero attached hydrogens (tertiary/aromatic N) is 1. The molecule has 7 heteroatoms. The Morgan fingerprint density at radius 3 is 2.60 bits per heavy atom. The Kier molecular flexibility index (Phi) is 4.37. The van der Waals surface area contributed by atoms with Crippen molar-refractivity contribution in [3.05, 3.63) is 70.1 Å². The summed E-state index contributed by atoms with van der Waals surface area (Å²) in [6.07, 6.45) is 0. The van der Waals surface area contributed by atoms with E-state index in [9.17, 15) is 14.0 Å². The highest BCUT2D eigenvalue weighted by atomic mass is 35.5. The highest BCUT2D eigenvalue weighted by Crippen LogP contribution is 2.23. The summed E-state index contributed by atoms with van der Waals surface area (Å²) in [5.74, 6) is -2.18. The zero-order valence-corrected chi connectivity index (χ0v) is 13.8. The minimum atomic E-state index is -1.20. The number of carboxylic acid groups (broad SMARTS) is 1. The van der Waals surface area contributed by atoms with Crippen LogP contribution in [0.15, 0.2) is 42.5 Å². The molecular weight excluding hydrogens is 347 g/mol. The van der Waals surface area contributed by atoms with Gasteiger partial charge in [0.1, 0.15) is 5.82 Å².